The quantitative estimate of drug-likeness (QED) is 0.572. The molecular weight excluding hydrogens is 340 g/mol. The lowest BCUT2D eigenvalue weighted by Gasteiger charge is -2.05. The van der Waals surface area contributed by atoms with Gasteiger partial charge in [0.2, 0.25) is 0 Å². The second-order valence-corrected chi connectivity index (χ2v) is 6.07. The van der Waals surface area contributed by atoms with Crippen LogP contribution in [-0.2, 0) is 6.42 Å². The summed E-state index contributed by atoms with van der Waals surface area (Å²) in [5.74, 6) is 0.337. The van der Waals surface area contributed by atoms with Gasteiger partial charge in [0.1, 0.15) is 0 Å². The van der Waals surface area contributed by atoms with Gasteiger partial charge >= 0.3 is 0 Å². The molecule has 0 aliphatic heterocycles. The molecule has 0 saturated carbocycles. The van der Waals surface area contributed by atoms with Crippen molar-refractivity contribution in [1.82, 2.24) is 20.3 Å². The van der Waals surface area contributed by atoms with Crippen molar-refractivity contribution < 1.29 is 9.32 Å². The minimum atomic E-state index is -0.242. The molecule has 0 bridgehead atoms. The standard InChI is InChI=1S/C21H18N4O2/c26-21(19-15-20(27-24-19)17-5-2-1-3-6-17)22-13-11-16-7-9-18(10-8-16)25-14-4-12-23-25/h1-10,12,14-15H,11,13H2,(H,22,26). The zero-order valence-electron chi connectivity index (χ0n) is 14.6. The fraction of sp³-hybridized carbons (Fsp3) is 0.0952. The number of hydrogen-bond acceptors (Lipinski definition) is 4. The first-order valence-electron chi connectivity index (χ1n) is 8.69. The Morgan fingerprint density at radius 3 is 2.59 bits per heavy atom. The van der Waals surface area contributed by atoms with E-state index in [1.165, 1.54) is 0 Å². The molecule has 27 heavy (non-hydrogen) atoms. The molecule has 4 rings (SSSR count). The Kier molecular flexibility index (Phi) is 4.78. The minimum Gasteiger partial charge on any atom is -0.355 e. The summed E-state index contributed by atoms with van der Waals surface area (Å²) in [6.07, 6.45) is 4.38. The Labute approximate surface area is 156 Å². The number of carbonyl (C=O) groups is 1. The van der Waals surface area contributed by atoms with Crippen LogP contribution in [0.5, 0.6) is 0 Å². The van der Waals surface area contributed by atoms with E-state index < -0.39 is 0 Å². The number of rotatable bonds is 6. The van der Waals surface area contributed by atoms with E-state index in [0.717, 1.165) is 23.2 Å². The second-order valence-electron chi connectivity index (χ2n) is 6.07. The van der Waals surface area contributed by atoms with Gasteiger partial charge in [-0.15, -0.1) is 0 Å². The molecule has 0 aliphatic rings. The number of aromatic nitrogens is 3. The van der Waals surface area contributed by atoms with E-state index >= 15 is 0 Å². The van der Waals surface area contributed by atoms with Crippen LogP contribution in [0.2, 0.25) is 0 Å². The van der Waals surface area contributed by atoms with Crippen molar-refractivity contribution in [3.63, 3.8) is 0 Å². The predicted molar refractivity (Wildman–Crippen MR) is 102 cm³/mol. The zero-order valence-corrected chi connectivity index (χ0v) is 14.6. The number of carbonyl (C=O) groups excluding carboxylic acids is 1. The van der Waals surface area contributed by atoms with Gasteiger partial charge in [0, 0.05) is 30.6 Å². The van der Waals surface area contributed by atoms with Gasteiger partial charge in [0.05, 0.1) is 5.69 Å². The molecule has 2 aromatic carbocycles. The van der Waals surface area contributed by atoms with E-state index in [2.05, 4.69) is 15.6 Å². The van der Waals surface area contributed by atoms with Crippen LogP contribution >= 0.6 is 0 Å². The molecule has 0 fully saturated rings. The van der Waals surface area contributed by atoms with Crippen molar-refractivity contribution in [3.8, 4) is 17.0 Å². The van der Waals surface area contributed by atoms with E-state index in [0.29, 0.717) is 12.3 Å². The smallest absolute Gasteiger partial charge is 0.273 e. The average molecular weight is 358 g/mol. The number of benzene rings is 2. The molecule has 2 heterocycles. The predicted octanol–water partition coefficient (Wildman–Crippen LogP) is 3.50. The van der Waals surface area contributed by atoms with Crippen LogP contribution in [0.1, 0.15) is 16.1 Å². The highest BCUT2D eigenvalue weighted by Gasteiger charge is 2.13. The molecule has 6 heteroatoms. The molecule has 6 nitrogen and oxygen atoms in total. The zero-order chi connectivity index (χ0) is 18.5. The lowest BCUT2D eigenvalue weighted by Crippen LogP contribution is -2.25. The van der Waals surface area contributed by atoms with Gasteiger partial charge < -0.3 is 9.84 Å². The fourth-order valence-corrected chi connectivity index (χ4v) is 2.77. The van der Waals surface area contributed by atoms with Gasteiger partial charge in [-0.2, -0.15) is 5.10 Å². The van der Waals surface area contributed by atoms with Crippen LogP contribution in [0.25, 0.3) is 17.0 Å². The van der Waals surface area contributed by atoms with Crippen molar-refractivity contribution in [2.45, 2.75) is 6.42 Å². The van der Waals surface area contributed by atoms with Gasteiger partial charge in [-0.1, -0.05) is 47.6 Å². The number of hydrogen-bond donors (Lipinski definition) is 1. The first-order valence-corrected chi connectivity index (χ1v) is 8.69. The van der Waals surface area contributed by atoms with Crippen LogP contribution in [0.3, 0.4) is 0 Å². The van der Waals surface area contributed by atoms with Crippen LogP contribution in [0, 0.1) is 0 Å². The van der Waals surface area contributed by atoms with Gasteiger partial charge in [-0.3, -0.25) is 4.79 Å². The maximum atomic E-state index is 12.2. The maximum absolute atomic E-state index is 12.2. The molecule has 2 aromatic heterocycles. The molecule has 0 aliphatic carbocycles. The Hall–Kier alpha value is -3.67. The van der Waals surface area contributed by atoms with Crippen molar-refractivity contribution >= 4 is 5.91 Å². The summed E-state index contributed by atoms with van der Waals surface area (Å²) in [6, 6.07) is 21.2. The Bertz CT molecular complexity index is 1010. The van der Waals surface area contributed by atoms with Crippen LogP contribution < -0.4 is 5.32 Å². The Morgan fingerprint density at radius 1 is 1.04 bits per heavy atom. The highest BCUT2D eigenvalue weighted by atomic mass is 16.5. The Balaban J connectivity index is 1.31. The molecule has 0 radical (unpaired) electrons. The van der Waals surface area contributed by atoms with Gasteiger partial charge in [0.25, 0.3) is 5.91 Å². The number of amides is 1. The third kappa shape index (κ3) is 3.95. The first kappa shape index (κ1) is 16.8. The average Bonchev–Trinajstić information content (AvgIpc) is 3.41. The second kappa shape index (κ2) is 7.70. The minimum absolute atomic E-state index is 0.242. The number of nitrogens with one attached hydrogen (secondary N) is 1. The molecule has 0 spiro atoms. The highest BCUT2D eigenvalue weighted by Crippen LogP contribution is 2.19. The summed E-state index contributed by atoms with van der Waals surface area (Å²) in [4.78, 5) is 12.2. The van der Waals surface area contributed by atoms with Crippen molar-refractivity contribution in [3.05, 3.63) is 90.4 Å². The van der Waals surface area contributed by atoms with E-state index in [-0.39, 0.29) is 11.6 Å². The van der Waals surface area contributed by atoms with Crippen molar-refractivity contribution in [2.24, 2.45) is 0 Å². The Morgan fingerprint density at radius 2 is 1.85 bits per heavy atom. The molecule has 4 aromatic rings. The SMILES string of the molecule is O=C(NCCc1ccc(-n2cccn2)cc1)c1cc(-c2ccccc2)on1. The summed E-state index contributed by atoms with van der Waals surface area (Å²) in [7, 11) is 0. The summed E-state index contributed by atoms with van der Waals surface area (Å²) in [5.41, 5.74) is 3.31. The van der Waals surface area contributed by atoms with E-state index in [9.17, 15) is 4.79 Å². The van der Waals surface area contributed by atoms with E-state index in [1.807, 2.05) is 66.9 Å². The third-order valence-electron chi connectivity index (χ3n) is 4.21. The molecule has 1 amide bonds. The van der Waals surface area contributed by atoms with E-state index in [1.54, 1.807) is 16.9 Å². The maximum Gasteiger partial charge on any atom is 0.273 e. The number of nitrogens with zero attached hydrogens (tertiary/aromatic N) is 3. The van der Waals surface area contributed by atoms with Crippen molar-refractivity contribution in [1.29, 1.82) is 0 Å². The molecule has 134 valence electrons. The lowest BCUT2D eigenvalue weighted by molar-refractivity contribution is 0.0945. The molecule has 0 atom stereocenters. The van der Waals surface area contributed by atoms with Crippen LogP contribution in [-0.4, -0.2) is 27.4 Å². The first-order chi connectivity index (χ1) is 13.3. The third-order valence-corrected chi connectivity index (χ3v) is 4.21. The largest absolute Gasteiger partial charge is 0.355 e. The normalized spacial score (nSPS) is 10.7. The van der Waals surface area contributed by atoms with Gasteiger partial charge in [-0.05, 0) is 30.2 Å². The van der Waals surface area contributed by atoms with Crippen molar-refractivity contribution in [2.75, 3.05) is 6.54 Å². The van der Waals surface area contributed by atoms with Gasteiger partial charge in [0.15, 0.2) is 11.5 Å². The van der Waals surface area contributed by atoms with Crippen LogP contribution in [0.15, 0.2) is 83.6 Å². The van der Waals surface area contributed by atoms with Crippen LogP contribution in [0.4, 0.5) is 0 Å². The summed E-state index contributed by atoms with van der Waals surface area (Å²) < 4.78 is 7.07. The summed E-state index contributed by atoms with van der Waals surface area (Å²) >= 11 is 0. The van der Waals surface area contributed by atoms with E-state index in [4.69, 9.17) is 4.52 Å². The lowest BCUT2D eigenvalue weighted by atomic mass is 10.1. The highest BCUT2D eigenvalue weighted by molar-refractivity contribution is 5.93. The van der Waals surface area contributed by atoms with Gasteiger partial charge in [-0.25, -0.2) is 4.68 Å². The molecule has 0 saturated heterocycles. The molecule has 1 N–H and O–H groups in total. The monoisotopic (exact) mass is 358 g/mol. The molecular formula is C21H18N4O2. The summed E-state index contributed by atoms with van der Waals surface area (Å²) in [5, 5.41) is 10.9. The fourth-order valence-electron chi connectivity index (χ4n) is 2.77. The molecule has 0 unspecified atom stereocenters. The topological polar surface area (TPSA) is 73.0 Å². The summed E-state index contributed by atoms with van der Waals surface area (Å²) in [6.45, 7) is 0.521.